The van der Waals surface area contributed by atoms with Crippen molar-refractivity contribution in [2.75, 3.05) is 6.54 Å². The summed E-state index contributed by atoms with van der Waals surface area (Å²) in [5.74, 6) is -0.310. The fourth-order valence-electron chi connectivity index (χ4n) is 1.34. The average molecular weight is 211 g/mol. The first-order valence-corrected chi connectivity index (χ1v) is 5.04. The van der Waals surface area contributed by atoms with Crippen molar-refractivity contribution in [2.45, 2.75) is 39.2 Å². The Morgan fingerprint density at radius 2 is 2.07 bits per heavy atom. The van der Waals surface area contributed by atoms with E-state index in [4.69, 9.17) is 4.74 Å². The Morgan fingerprint density at radius 1 is 1.47 bits per heavy atom. The molecule has 0 aromatic carbocycles. The summed E-state index contributed by atoms with van der Waals surface area (Å²) in [5, 5.41) is 0. The van der Waals surface area contributed by atoms with E-state index < -0.39 is 11.7 Å². The second-order valence-corrected chi connectivity index (χ2v) is 4.64. The van der Waals surface area contributed by atoms with Gasteiger partial charge in [-0.1, -0.05) is 6.58 Å². The zero-order valence-corrected chi connectivity index (χ0v) is 9.50. The lowest BCUT2D eigenvalue weighted by Crippen LogP contribution is -2.44. The highest BCUT2D eigenvalue weighted by Crippen LogP contribution is 2.18. The van der Waals surface area contributed by atoms with Crippen LogP contribution in [0.25, 0.3) is 0 Å². The summed E-state index contributed by atoms with van der Waals surface area (Å²) >= 11 is 0. The minimum absolute atomic E-state index is 0.310. The number of ether oxygens (including phenoxy) is 1. The number of carbonyl (C=O) groups excluding carboxylic acids is 2. The molecule has 0 radical (unpaired) electrons. The molecular formula is C11H17NO3. The zero-order chi connectivity index (χ0) is 11.6. The van der Waals surface area contributed by atoms with E-state index in [0.29, 0.717) is 18.5 Å². The Hall–Kier alpha value is -1.32. The summed E-state index contributed by atoms with van der Waals surface area (Å²) in [6, 6.07) is 0. The maximum Gasteiger partial charge on any atom is 0.417 e. The van der Waals surface area contributed by atoms with Crippen LogP contribution in [-0.4, -0.2) is 29.0 Å². The van der Waals surface area contributed by atoms with Crippen molar-refractivity contribution in [1.29, 1.82) is 0 Å². The highest BCUT2D eigenvalue weighted by Gasteiger charge is 2.30. The summed E-state index contributed by atoms with van der Waals surface area (Å²) in [6.45, 7) is 9.36. The third kappa shape index (κ3) is 3.08. The zero-order valence-electron chi connectivity index (χ0n) is 9.50. The molecule has 0 saturated carbocycles. The van der Waals surface area contributed by atoms with Crippen molar-refractivity contribution in [2.24, 2.45) is 0 Å². The van der Waals surface area contributed by atoms with Gasteiger partial charge in [0.05, 0.1) is 0 Å². The first-order valence-electron chi connectivity index (χ1n) is 5.04. The third-order valence-electron chi connectivity index (χ3n) is 2.02. The van der Waals surface area contributed by atoms with E-state index in [9.17, 15) is 9.59 Å². The highest BCUT2D eigenvalue weighted by atomic mass is 16.6. The van der Waals surface area contributed by atoms with Gasteiger partial charge in [-0.3, -0.25) is 4.79 Å². The van der Waals surface area contributed by atoms with Crippen LogP contribution in [-0.2, 0) is 9.53 Å². The number of imide groups is 1. The number of carbonyl (C=O) groups is 2. The van der Waals surface area contributed by atoms with Crippen LogP contribution in [0.4, 0.5) is 4.79 Å². The summed E-state index contributed by atoms with van der Waals surface area (Å²) in [7, 11) is 0. The molecular weight excluding hydrogens is 194 g/mol. The molecule has 1 fully saturated rings. The molecule has 0 unspecified atom stereocenters. The van der Waals surface area contributed by atoms with Gasteiger partial charge in [0.25, 0.3) is 5.91 Å². The van der Waals surface area contributed by atoms with Gasteiger partial charge in [0.1, 0.15) is 5.60 Å². The van der Waals surface area contributed by atoms with Crippen LogP contribution in [0.5, 0.6) is 0 Å². The predicted octanol–water partition coefficient (Wildman–Crippen LogP) is 2.10. The molecule has 0 atom stereocenters. The van der Waals surface area contributed by atoms with Gasteiger partial charge in [0, 0.05) is 12.1 Å². The Bertz CT molecular complexity index is 301. The summed E-state index contributed by atoms with van der Waals surface area (Å²) in [4.78, 5) is 24.3. The molecule has 84 valence electrons. The largest absolute Gasteiger partial charge is 0.443 e. The van der Waals surface area contributed by atoms with Gasteiger partial charge in [-0.15, -0.1) is 0 Å². The minimum atomic E-state index is -0.576. The quantitative estimate of drug-likeness (QED) is 0.576. The van der Waals surface area contributed by atoms with E-state index in [1.807, 2.05) is 0 Å². The molecule has 15 heavy (non-hydrogen) atoms. The van der Waals surface area contributed by atoms with Gasteiger partial charge in [0.2, 0.25) is 0 Å². The van der Waals surface area contributed by atoms with Gasteiger partial charge in [-0.05, 0) is 33.6 Å². The topological polar surface area (TPSA) is 46.6 Å². The normalized spacial score (nSPS) is 17.9. The molecule has 2 amide bonds. The van der Waals surface area contributed by atoms with Crippen molar-refractivity contribution in [3.8, 4) is 0 Å². The van der Waals surface area contributed by atoms with Crippen LogP contribution >= 0.6 is 0 Å². The van der Waals surface area contributed by atoms with Crippen molar-refractivity contribution in [3.63, 3.8) is 0 Å². The molecule has 0 bridgehead atoms. The lowest BCUT2D eigenvalue weighted by atomic mass is 10.1. The standard InChI is InChI=1S/C11H17NO3/c1-8-6-5-7-12(9(8)13)10(14)15-11(2,3)4/h1,5-7H2,2-4H3. The van der Waals surface area contributed by atoms with E-state index in [1.54, 1.807) is 20.8 Å². The summed E-state index contributed by atoms with van der Waals surface area (Å²) < 4.78 is 5.12. The predicted molar refractivity (Wildman–Crippen MR) is 56.3 cm³/mol. The van der Waals surface area contributed by atoms with Crippen LogP contribution in [0.2, 0.25) is 0 Å². The number of hydrogen-bond donors (Lipinski definition) is 0. The maximum atomic E-state index is 11.6. The van der Waals surface area contributed by atoms with E-state index in [0.717, 1.165) is 11.3 Å². The van der Waals surface area contributed by atoms with Crippen LogP contribution in [0.1, 0.15) is 33.6 Å². The number of nitrogens with zero attached hydrogens (tertiary/aromatic N) is 1. The number of rotatable bonds is 0. The first kappa shape index (κ1) is 11.8. The number of hydrogen-bond acceptors (Lipinski definition) is 3. The Balaban J connectivity index is 2.67. The van der Waals surface area contributed by atoms with E-state index >= 15 is 0 Å². The Morgan fingerprint density at radius 3 is 2.60 bits per heavy atom. The molecule has 1 aliphatic rings. The Labute approximate surface area is 89.9 Å². The molecule has 1 rings (SSSR count). The van der Waals surface area contributed by atoms with Crippen molar-refractivity contribution >= 4 is 12.0 Å². The van der Waals surface area contributed by atoms with Crippen molar-refractivity contribution in [3.05, 3.63) is 12.2 Å². The van der Waals surface area contributed by atoms with Crippen molar-refractivity contribution in [1.82, 2.24) is 4.90 Å². The first-order chi connectivity index (χ1) is 6.81. The minimum Gasteiger partial charge on any atom is -0.443 e. The van der Waals surface area contributed by atoms with Crippen LogP contribution in [0.3, 0.4) is 0 Å². The highest BCUT2D eigenvalue weighted by molar-refractivity contribution is 6.02. The second kappa shape index (κ2) is 4.04. The molecule has 0 aromatic heterocycles. The summed E-state index contributed by atoms with van der Waals surface area (Å²) in [5.41, 5.74) is -0.0945. The average Bonchev–Trinajstić information content (AvgIpc) is 2.06. The molecule has 0 aromatic rings. The number of likely N-dealkylation sites (tertiary alicyclic amines) is 1. The second-order valence-electron chi connectivity index (χ2n) is 4.64. The number of piperidine rings is 1. The molecule has 0 spiro atoms. The van der Waals surface area contributed by atoms with E-state index in [-0.39, 0.29) is 5.91 Å². The molecule has 1 aliphatic heterocycles. The van der Waals surface area contributed by atoms with E-state index in [2.05, 4.69) is 6.58 Å². The fourth-order valence-corrected chi connectivity index (χ4v) is 1.34. The molecule has 0 aliphatic carbocycles. The molecule has 0 N–H and O–H groups in total. The van der Waals surface area contributed by atoms with Gasteiger partial charge in [-0.25, -0.2) is 9.69 Å². The van der Waals surface area contributed by atoms with Gasteiger partial charge in [-0.2, -0.15) is 0 Å². The number of amides is 2. The molecule has 4 nitrogen and oxygen atoms in total. The fraction of sp³-hybridized carbons (Fsp3) is 0.636. The van der Waals surface area contributed by atoms with E-state index in [1.165, 1.54) is 0 Å². The monoisotopic (exact) mass is 211 g/mol. The van der Waals surface area contributed by atoms with Crippen LogP contribution in [0.15, 0.2) is 12.2 Å². The lowest BCUT2D eigenvalue weighted by Gasteiger charge is -2.29. The van der Waals surface area contributed by atoms with Gasteiger partial charge < -0.3 is 4.74 Å². The molecule has 1 saturated heterocycles. The third-order valence-corrected chi connectivity index (χ3v) is 2.02. The SMILES string of the molecule is C=C1CCCN(C(=O)OC(C)(C)C)C1=O. The Kier molecular flexibility index (Phi) is 3.17. The summed E-state index contributed by atoms with van der Waals surface area (Å²) in [6.07, 6.45) is 0.857. The van der Waals surface area contributed by atoms with Crippen LogP contribution < -0.4 is 0 Å². The molecule has 4 heteroatoms. The lowest BCUT2D eigenvalue weighted by molar-refractivity contribution is -0.127. The van der Waals surface area contributed by atoms with Gasteiger partial charge in [0.15, 0.2) is 0 Å². The smallest absolute Gasteiger partial charge is 0.417 e. The van der Waals surface area contributed by atoms with Gasteiger partial charge >= 0.3 is 6.09 Å². The molecule has 1 heterocycles. The maximum absolute atomic E-state index is 11.6. The van der Waals surface area contributed by atoms with Crippen LogP contribution in [0, 0.1) is 0 Å². The van der Waals surface area contributed by atoms with Crippen molar-refractivity contribution < 1.29 is 14.3 Å².